The molecule has 0 saturated heterocycles. The number of para-hydroxylation sites is 1. The van der Waals surface area contributed by atoms with Gasteiger partial charge in [-0.15, -0.1) is 11.3 Å². The topological polar surface area (TPSA) is 84.7 Å². The minimum atomic E-state index is -0.450. The Bertz CT molecular complexity index is 1020. The van der Waals surface area contributed by atoms with Gasteiger partial charge in [0.05, 0.1) is 18.6 Å². The molecule has 0 aliphatic rings. The van der Waals surface area contributed by atoms with Crippen LogP contribution >= 0.6 is 11.3 Å². The predicted molar refractivity (Wildman–Crippen MR) is 118 cm³/mol. The monoisotopic (exact) mass is 425 g/mol. The minimum absolute atomic E-state index is 0.000920. The van der Waals surface area contributed by atoms with E-state index in [-0.39, 0.29) is 18.1 Å². The fourth-order valence-electron chi connectivity index (χ4n) is 3.16. The van der Waals surface area contributed by atoms with E-state index in [1.807, 2.05) is 46.7 Å². The maximum Gasteiger partial charge on any atom is 0.269 e. The molecule has 0 bridgehead atoms. The summed E-state index contributed by atoms with van der Waals surface area (Å²) in [7, 11) is 1.63. The second kappa shape index (κ2) is 10.00. The number of nitrogens with zero attached hydrogens (tertiary/aromatic N) is 2. The zero-order valence-corrected chi connectivity index (χ0v) is 17.6. The molecule has 1 heterocycles. The van der Waals surface area contributed by atoms with Crippen molar-refractivity contribution in [2.45, 2.75) is 20.0 Å². The normalized spacial score (nSPS) is 10.8. The van der Waals surface area contributed by atoms with Gasteiger partial charge in [0.15, 0.2) is 0 Å². The van der Waals surface area contributed by atoms with Crippen LogP contribution in [0, 0.1) is 17.0 Å². The minimum Gasteiger partial charge on any atom is -0.496 e. The number of carbonyl (C=O) groups excluding carboxylic acids is 1. The molecule has 3 rings (SSSR count). The highest BCUT2D eigenvalue weighted by Gasteiger charge is 2.16. The maximum absolute atomic E-state index is 12.8. The molecule has 0 saturated carbocycles. The van der Waals surface area contributed by atoms with Crippen LogP contribution < -0.4 is 10.1 Å². The molecule has 2 aromatic carbocycles. The lowest BCUT2D eigenvalue weighted by Gasteiger charge is -2.22. The van der Waals surface area contributed by atoms with Crippen LogP contribution in [0.5, 0.6) is 5.75 Å². The summed E-state index contributed by atoms with van der Waals surface area (Å²) in [6.45, 7) is 3.09. The van der Waals surface area contributed by atoms with Gasteiger partial charge in [-0.25, -0.2) is 0 Å². The molecule has 0 fully saturated rings. The quantitative estimate of drug-likeness (QED) is 0.400. The Kier molecular flexibility index (Phi) is 7.16. The highest BCUT2D eigenvalue weighted by atomic mass is 32.1. The highest BCUT2D eigenvalue weighted by molar-refractivity contribution is 7.09. The maximum atomic E-state index is 12.8. The Morgan fingerprint density at radius 1 is 1.17 bits per heavy atom. The summed E-state index contributed by atoms with van der Waals surface area (Å²) in [5, 5.41) is 15.8. The van der Waals surface area contributed by atoms with Gasteiger partial charge in [-0.2, -0.15) is 0 Å². The van der Waals surface area contributed by atoms with Crippen molar-refractivity contribution in [3.8, 4) is 5.75 Å². The van der Waals surface area contributed by atoms with Crippen LogP contribution in [0.3, 0.4) is 0 Å². The largest absolute Gasteiger partial charge is 0.496 e. The molecule has 0 unspecified atom stereocenters. The smallest absolute Gasteiger partial charge is 0.269 e. The van der Waals surface area contributed by atoms with Gasteiger partial charge >= 0.3 is 0 Å². The van der Waals surface area contributed by atoms with Crippen molar-refractivity contribution in [2.24, 2.45) is 0 Å². The Labute approximate surface area is 179 Å². The lowest BCUT2D eigenvalue weighted by atomic mass is 10.1. The number of anilines is 1. The van der Waals surface area contributed by atoms with Crippen molar-refractivity contribution in [2.75, 3.05) is 19.0 Å². The van der Waals surface area contributed by atoms with Gasteiger partial charge in [0.2, 0.25) is 5.91 Å². The third-order valence-electron chi connectivity index (χ3n) is 4.61. The Hall–Kier alpha value is -3.23. The summed E-state index contributed by atoms with van der Waals surface area (Å²) in [5.41, 5.74) is 2.21. The lowest BCUT2D eigenvalue weighted by Crippen LogP contribution is -2.32. The second-order valence-electron chi connectivity index (χ2n) is 6.84. The van der Waals surface area contributed by atoms with Crippen molar-refractivity contribution >= 4 is 28.6 Å². The molecule has 8 heteroatoms. The van der Waals surface area contributed by atoms with Crippen LogP contribution in [0.1, 0.15) is 16.0 Å². The summed E-state index contributed by atoms with van der Waals surface area (Å²) in [6, 6.07) is 16.2. The zero-order valence-electron chi connectivity index (χ0n) is 16.8. The molecule has 1 amide bonds. The lowest BCUT2D eigenvalue weighted by molar-refractivity contribution is -0.384. The van der Waals surface area contributed by atoms with Crippen molar-refractivity contribution < 1.29 is 14.5 Å². The molecule has 0 radical (unpaired) electrons. The number of rotatable bonds is 9. The molecular weight excluding hydrogens is 402 g/mol. The van der Waals surface area contributed by atoms with Crippen molar-refractivity contribution in [3.63, 3.8) is 0 Å². The van der Waals surface area contributed by atoms with Crippen LogP contribution in [0.25, 0.3) is 0 Å². The zero-order chi connectivity index (χ0) is 21.5. The Balaban J connectivity index is 1.73. The number of hydrogen-bond acceptors (Lipinski definition) is 6. The van der Waals surface area contributed by atoms with Crippen LogP contribution in [0.15, 0.2) is 60.0 Å². The van der Waals surface area contributed by atoms with Crippen LogP contribution in [0.4, 0.5) is 11.4 Å². The molecule has 0 aliphatic carbocycles. The average molecular weight is 426 g/mol. The number of aryl methyl sites for hydroxylation is 1. The Morgan fingerprint density at radius 2 is 1.97 bits per heavy atom. The van der Waals surface area contributed by atoms with E-state index < -0.39 is 4.92 Å². The Morgan fingerprint density at radius 3 is 2.63 bits per heavy atom. The number of nitro groups is 1. The van der Waals surface area contributed by atoms with E-state index in [9.17, 15) is 14.9 Å². The number of thiophene rings is 1. The fraction of sp³-hybridized carbons (Fsp3) is 0.227. The van der Waals surface area contributed by atoms with Gasteiger partial charge < -0.3 is 10.1 Å². The fourth-order valence-corrected chi connectivity index (χ4v) is 3.91. The number of ether oxygens (including phenoxy) is 1. The van der Waals surface area contributed by atoms with Crippen molar-refractivity contribution in [3.05, 3.63) is 86.1 Å². The van der Waals surface area contributed by atoms with Gasteiger partial charge in [-0.3, -0.25) is 19.8 Å². The SMILES string of the molecule is COc1ccccc1CN(CC(=O)Nc1ccc([N+](=O)[O-])cc1C)Cc1cccs1. The van der Waals surface area contributed by atoms with Crippen LogP contribution in [0.2, 0.25) is 0 Å². The first-order chi connectivity index (χ1) is 14.5. The van der Waals surface area contributed by atoms with E-state index in [0.29, 0.717) is 24.3 Å². The van der Waals surface area contributed by atoms with E-state index in [0.717, 1.165) is 16.2 Å². The molecular formula is C22H23N3O4S. The van der Waals surface area contributed by atoms with E-state index in [1.54, 1.807) is 31.4 Å². The van der Waals surface area contributed by atoms with Gasteiger partial charge in [0.25, 0.3) is 5.69 Å². The van der Waals surface area contributed by atoms with Crippen molar-refractivity contribution in [1.29, 1.82) is 0 Å². The van der Waals surface area contributed by atoms with Gasteiger partial charge in [0.1, 0.15) is 5.75 Å². The highest BCUT2D eigenvalue weighted by Crippen LogP contribution is 2.23. The summed E-state index contributed by atoms with van der Waals surface area (Å²) in [5.74, 6) is 0.596. The number of amides is 1. The van der Waals surface area contributed by atoms with Crippen LogP contribution in [-0.4, -0.2) is 29.4 Å². The number of nitrogens with one attached hydrogen (secondary N) is 1. The molecule has 30 heavy (non-hydrogen) atoms. The standard InChI is InChI=1S/C22H23N3O4S/c1-16-12-18(25(27)28)9-10-20(16)23-22(26)15-24(14-19-7-5-11-30-19)13-17-6-3-4-8-21(17)29-2/h3-12H,13-15H2,1-2H3,(H,23,26). The van der Waals surface area contributed by atoms with E-state index in [4.69, 9.17) is 4.74 Å². The molecule has 1 aromatic heterocycles. The summed E-state index contributed by atoms with van der Waals surface area (Å²) in [6.07, 6.45) is 0. The number of benzene rings is 2. The molecule has 0 atom stereocenters. The van der Waals surface area contributed by atoms with E-state index in [2.05, 4.69) is 5.32 Å². The first-order valence-corrected chi connectivity index (χ1v) is 10.3. The van der Waals surface area contributed by atoms with Gasteiger partial charge in [0, 0.05) is 41.4 Å². The molecule has 3 aromatic rings. The summed E-state index contributed by atoms with van der Waals surface area (Å²) >= 11 is 1.64. The number of methoxy groups -OCH3 is 1. The first-order valence-electron chi connectivity index (χ1n) is 9.38. The van der Waals surface area contributed by atoms with Gasteiger partial charge in [-0.1, -0.05) is 24.3 Å². The number of hydrogen-bond donors (Lipinski definition) is 1. The molecule has 0 spiro atoms. The molecule has 7 nitrogen and oxygen atoms in total. The van der Waals surface area contributed by atoms with Crippen LogP contribution in [-0.2, 0) is 17.9 Å². The third-order valence-corrected chi connectivity index (χ3v) is 5.47. The third kappa shape index (κ3) is 5.65. The molecule has 156 valence electrons. The molecule has 1 N–H and O–H groups in total. The average Bonchev–Trinajstić information content (AvgIpc) is 3.22. The number of carbonyl (C=O) groups is 1. The summed E-state index contributed by atoms with van der Waals surface area (Å²) in [4.78, 5) is 26.4. The first kappa shape index (κ1) is 21.5. The van der Waals surface area contributed by atoms with Gasteiger partial charge in [-0.05, 0) is 36.1 Å². The van der Waals surface area contributed by atoms with E-state index >= 15 is 0 Å². The molecule has 0 aliphatic heterocycles. The number of nitro benzene ring substituents is 1. The second-order valence-corrected chi connectivity index (χ2v) is 7.87. The van der Waals surface area contributed by atoms with Crippen molar-refractivity contribution in [1.82, 2.24) is 4.90 Å². The summed E-state index contributed by atoms with van der Waals surface area (Å²) < 4.78 is 5.45. The number of non-ortho nitro benzene ring substituents is 1. The predicted octanol–water partition coefficient (Wildman–Crippen LogP) is 4.61. The van der Waals surface area contributed by atoms with E-state index in [1.165, 1.54) is 12.1 Å².